The Hall–Kier alpha value is -2.96. The highest BCUT2D eigenvalue weighted by atomic mass is 35.5. The molecule has 156 valence electrons. The van der Waals surface area contributed by atoms with Gasteiger partial charge >= 0.3 is 0 Å². The van der Waals surface area contributed by atoms with Gasteiger partial charge in [-0.05, 0) is 54.4 Å². The van der Waals surface area contributed by atoms with E-state index in [-0.39, 0.29) is 12.5 Å². The first kappa shape index (κ1) is 21.7. The first-order chi connectivity index (χ1) is 14.5. The zero-order valence-electron chi connectivity index (χ0n) is 16.3. The van der Waals surface area contributed by atoms with Gasteiger partial charge < -0.3 is 20.1 Å². The lowest BCUT2D eigenvalue weighted by Gasteiger charge is -2.10. The maximum Gasteiger partial charge on any atom is 0.262 e. The highest BCUT2D eigenvalue weighted by molar-refractivity contribution is 6.35. The van der Waals surface area contributed by atoms with E-state index in [9.17, 15) is 4.79 Å². The van der Waals surface area contributed by atoms with E-state index in [4.69, 9.17) is 32.7 Å². The smallest absolute Gasteiger partial charge is 0.262 e. The van der Waals surface area contributed by atoms with Crippen LogP contribution in [0.1, 0.15) is 5.56 Å². The van der Waals surface area contributed by atoms with Crippen LogP contribution in [0.3, 0.4) is 0 Å². The van der Waals surface area contributed by atoms with Gasteiger partial charge in [0.1, 0.15) is 17.3 Å². The fourth-order valence-corrected chi connectivity index (χ4v) is 3.10. The third-order valence-electron chi connectivity index (χ3n) is 4.18. The van der Waals surface area contributed by atoms with Gasteiger partial charge in [0.25, 0.3) is 5.91 Å². The molecular formula is C22H21Cl2N3O3. The second-order valence-corrected chi connectivity index (χ2v) is 7.21. The number of hydrogen-bond acceptors (Lipinski definition) is 5. The predicted molar refractivity (Wildman–Crippen MR) is 120 cm³/mol. The van der Waals surface area contributed by atoms with E-state index in [1.54, 1.807) is 43.6 Å². The van der Waals surface area contributed by atoms with Gasteiger partial charge in [0.05, 0.1) is 24.0 Å². The summed E-state index contributed by atoms with van der Waals surface area (Å²) in [4.78, 5) is 16.4. The maximum atomic E-state index is 12.1. The van der Waals surface area contributed by atoms with Crippen LogP contribution >= 0.6 is 23.2 Å². The number of methoxy groups -OCH3 is 1. The van der Waals surface area contributed by atoms with Crippen molar-refractivity contribution in [3.63, 3.8) is 0 Å². The highest BCUT2D eigenvalue weighted by Crippen LogP contribution is 2.27. The van der Waals surface area contributed by atoms with Gasteiger partial charge in [-0.2, -0.15) is 0 Å². The molecule has 0 saturated heterocycles. The number of pyridine rings is 1. The monoisotopic (exact) mass is 445 g/mol. The Labute approximate surface area is 185 Å². The summed E-state index contributed by atoms with van der Waals surface area (Å²) >= 11 is 11.9. The molecule has 0 spiro atoms. The average molecular weight is 446 g/mol. The fourth-order valence-electron chi connectivity index (χ4n) is 2.63. The second-order valence-electron chi connectivity index (χ2n) is 6.37. The van der Waals surface area contributed by atoms with Gasteiger partial charge in [0.2, 0.25) is 0 Å². The summed E-state index contributed by atoms with van der Waals surface area (Å²) in [5.41, 5.74) is 1.78. The van der Waals surface area contributed by atoms with Crippen LogP contribution in [0, 0.1) is 0 Å². The Morgan fingerprint density at radius 3 is 2.53 bits per heavy atom. The van der Waals surface area contributed by atoms with Crippen molar-refractivity contribution in [1.29, 1.82) is 0 Å². The summed E-state index contributed by atoms with van der Waals surface area (Å²) in [7, 11) is 1.65. The van der Waals surface area contributed by atoms with Crippen LogP contribution in [0.2, 0.25) is 10.0 Å². The molecule has 0 fully saturated rings. The summed E-state index contributed by atoms with van der Waals surface area (Å²) in [6, 6.07) is 16.3. The molecule has 0 atom stereocenters. The summed E-state index contributed by atoms with van der Waals surface area (Å²) in [6.45, 7) is 0.559. The molecule has 1 aromatic heterocycles. The zero-order valence-corrected chi connectivity index (χ0v) is 17.8. The Morgan fingerprint density at radius 1 is 1.07 bits per heavy atom. The molecule has 1 heterocycles. The quantitative estimate of drug-likeness (QED) is 0.480. The number of nitrogens with one attached hydrogen (secondary N) is 2. The minimum absolute atomic E-state index is 0.177. The number of anilines is 2. The molecule has 3 aromatic rings. The Bertz CT molecular complexity index is 980. The lowest BCUT2D eigenvalue weighted by Crippen LogP contribution is -2.20. The van der Waals surface area contributed by atoms with E-state index in [0.717, 1.165) is 24.5 Å². The predicted octanol–water partition coefficient (Wildman–Crippen LogP) is 5.07. The van der Waals surface area contributed by atoms with E-state index in [0.29, 0.717) is 21.5 Å². The Balaban J connectivity index is 1.42. The van der Waals surface area contributed by atoms with Crippen LogP contribution in [-0.2, 0) is 11.2 Å². The van der Waals surface area contributed by atoms with Crippen molar-refractivity contribution in [1.82, 2.24) is 4.98 Å². The largest absolute Gasteiger partial charge is 0.497 e. The number of hydrogen-bond donors (Lipinski definition) is 2. The normalized spacial score (nSPS) is 10.4. The number of amides is 1. The number of aromatic nitrogens is 1. The van der Waals surface area contributed by atoms with Crippen LogP contribution in [0.5, 0.6) is 11.5 Å². The minimum atomic E-state index is -0.317. The van der Waals surface area contributed by atoms with Gasteiger partial charge in [-0.15, -0.1) is 0 Å². The molecule has 2 aromatic carbocycles. The zero-order chi connectivity index (χ0) is 21.3. The first-order valence-corrected chi connectivity index (χ1v) is 9.99. The molecule has 30 heavy (non-hydrogen) atoms. The molecule has 0 aliphatic carbocycles. The summed E-state index contributed by atoms with van der Waals surface area (Å²) < 4.78 is 10.6. The van der Waals surface area contributed by atoms with Crippen LogP contribution in [0.4, 0.5) is 11.5 Å². The molecule has 1 amide bonds. The van der Waals surface area contributed by atoms with Gasteiger partial charge in [0.15, 0.2) is 6.61 Å². The molecule has 0 unspecified atom stereocenters. The average Bonchev–Trinajstić information content (AvgIpc) is 2.75. The molecule has 2 N–H and O–H groups in total. The molecule has 0 radical (unpaired) electrons. The van der Waals surface area contributed by atoms with Gasteiger partial charge in [-0.1, -0.05) is 35.3 Å². The Morgan fingerprint density at radius 2 is 1.87 bits per heavy atom. The molecular weight excluding hydrogens is 425 g/mol. The molecule has 0 aliphatic heterocycles. The van der Waals surface area contributed by atoms with E-state index in [2.05, 4.69) is 15.6 Å². The number of ether oxygens (including phenoxy) is 2. The first-order valence-electron chi connectivity index (χ1n) is 9.24. The number of benzene rings is 2. The fraction of sp³-hybridized carbons (Fsp3) is 0.182. The maximum absolute atomic E-state index is 12.1. The van der Waals surface area contributed by atoms with Crippen molar-refractivity contribution in [2.45, 2.75) is 6.42 Å². The van der Waals surface area contributed by atoms with Crippen LogP contribution < -0.4 is 20.1 Å². The number of carbonyl (C=O) groups is 1. The standard InChI is InChI=1S/C22H21Cl2N3O3/c1-29-18-6-2-15(3-7-18)10-11-25-21-9-5-17(13-26-21)27-22(28)14-30-20-8-4-16(23)12-19(20)24/h2-9,12-13H,10-11,14H2,1H3,(H,25,26)(H,27,28). The Kier molecular flexibility index (Phi) is 7.76. The molecule has 6 nitrogen and oxygen atoms in total. The molecule has 0 bridgehead atoms. The lowest BCUT2D eigenvalue weighted by molar-refractivity contribution is -0.118. The van der Waals surface area contributed by atoms with Gasteiger partial charge in [0, 0.05) is 11.6 Å². The van der Waals surface area contributed by atoms with Crippen molar-refractivity contribution in [3.05, 3.63) is 76.4 Å². The van der Waals surface area contributed by atoms with Crippen molar-refractivity contribution in [2.75, 3.05) is 30.9 Å². The lowest BCUT2D eigenvalue weighted by atomic mass is 10.1. The third kappa shape index (κ3) is 6.54. The van der Waals surface area contributed by atoms with Crippen LogP contribution in [0.15, 0.2) is 60.8 Å². The molecule has 3 rings (SSSR count). The number of rotatable bonds is 9. The van der Waals surface area contributed by atoms with E-state index in [1.165, 1.54) is 5.56 Å². The number of carbonyl (C=O) groups excluding carboxylic acids is 1. The van der Waals surface area contributed by atoms with Crippen molar-refractivity contribution in [3.8, 4) is 11.5 Å². The van der Waals surface area contributed by atoms with Crippen molar-refractivity contribution < 1.29 is 14.3 Å². The number of nitrogens with zero attached hydrogens (tertiary/aromatic N) is 1. The minimum Gasteiger partial charge on any atom is -0.497 e. The van der Waals surface area contributed by atoms with E-state index in [1.807, 2.05) is 24.3 Å². The molecule has 0 saturated carbocycles. The van der Waals surface area contributed by atoms with Crippen molar-refractivity contribution >= 4 is 40.6 Å². The van der Waals surface area contributed by atoms with E-state index < -0.39 is 0 Å². The van der Waals surface area contributed by atoms with Crippen LogP contribution in [0.25, 0.3) is 0 Å². The topological polar surface area (TPSA) is 72.5 Å². The SMILES string of the molecule is COc1ccc(CCNc2ccc(NC(=O)COc3ccc(Cl)cc3Cl)cn2)cc1. The third-order valence-corrected chi connectivity index (χ3v) is 4.71. The summed E-state index contributed by atoms with van der Waals surface area (Å²) in [6.07, 6.45) is 2.44. The van der Waals surface area contributed by atoms with Gasteiger partial charge in [-0.25, -0.2) is 4.98 Å². The molecule has 0 aliphatic rings. The van der Waals surface area contributed by atoms with E-state index >= 15 is 0 Å². The number of halogens is 2. The highest BCUT2D eigenvalue weighted by Gasteiger charge is 2.07. The molecule has 8 heteroatoms. The second kappa shape index (κ2) is 10.7. The van der Waals surface area contributed by atoms with Gasteiger partial charge in [-0.3, -0.25) is 4.79 Å². The summed E-state index contributed by atoms with van der Waals surface area (Å²) in [5, 5.41) is 6.83. The van der Waals surface area contributed by atoms with Crippen molar-refractivity contribution in [2.24, 2.45) is 0 Å². The summed E-state index contributed by atoms with van der Waals surface area (Å²) in [5.74, 6) is 1.65. The van der Waals surface area contributed by atoms with Crippen LogP contribution in [-0.4, -0.2) is 31.2 Å².